The fourth-order valence-corrected chi connectivity index (χ4v) is 4.34. The number of nitrogens with zero attached hydrogens (tertiary/aromatic N) is 3. The highest BCUT2D eigenvalue weighted by Crippen LogP contribution is 2.34. The Labute approximate surface area is 170 Å². The first-order valence-electron chi connectivity index (χ1n) is 9.86. The number of hydrogen-bond acceptors (Lipinski definition) is 3. The second-order valence-corrected chi connectivity index (χ2v) is 8.84. The molecule has 0 bridgehead atoms. The Bertz CT molecular complexity index is 851. The minimum Gasteiger partial charge on any atom is -0.353 e. The van der Waals surface area contributed by atoms with E-state index in [4.69, 9.17) is 28.2 Å². The molecular formula is C20H26Cl2N4O. The third kappa shape index (κ3) is 3.64. The molecule has 7 heteroatoms. The number of carbonyl (C=O) groups is 1. The van der Waals surface area contributed by atoms with Gasteiger partial charge >= 0.3 is 0 Å². The van der Waals surface area contributed by atoms with Gasteiger partial charge in [-0.05, 0) is 58.1 Å². The van der Waals surface area contributed by atoms with E-state index in [1.165, 1.54) is 6.42 Å². The number of aromatic nitrogens is 2. The van der Waals surface area contributed by atoms with Gasteiger partial charge in [0.15, 0.2) is 0 Å². The molecule has 0 spiro atoms. The number of rotatable bonds is 4. The Balaban J connectivity index is 1.53. The van der Waals surface area contributed by atoms with Crippen LogP contribution in [0.2, 0.25) is 10.0 Å². The molecule has 0 atom stereocenters. The van der Waals surface area contributed by atoms with Crippen LogP contribution < -0.4 is 10.2 Å². The van der Waals surface area contributed by atoms with Crippen molar-refractivity contribution in [2.75, 3.05) is 18.0 Å². The third-order valence-electron chi connectivity index (χ3n) is 5.83. The molecule has 27 heavy (non-hydrogen) atoms. The van der Waals surface area contributed by atoms with Crippen molar-refractivity contribution in [3.05, 3.63) is 22.2 Å². The van der Waals surface area contributed by atoms with Crippen LogP contribution >= 0.6 is 23.2 Å². The lowest BCUT2D eigenvalue weighted by Gasteiger charge is -2.34. The standard InChI is InChI=1S/C20H26Cl2N4O/c1-12(2)26-18-11-16(22)15(21)10-17(18)24-20(26)25-8-6-13(7-9-25)19(27)23-14-4-3-5-14/h10-14H,3-9H2,1-2H3,(H,23,27). The smallest absolute Gasteiger partial charge is 0.223 e. The second kappa shape index (κ2) is 7.51. The van der Waals surface area contributed by atoms with Crippen LogP contribution in [0.3, 0.4) is 0 Å². The van der Waals surface area contributed by atoms with E-state index in [0.717, 1.165) is 55.8 Å². The van der Waals surface area contributed by atoms with Gasteiger partial charge in [0.2, 0.25) is 11.9 Å². The number of halogens is 2. The number of imidazole rings is 1. The van der Waals surface area contributed by atoms with E-state index >= 15 is 0 Å². The molecule has 2 aromatic rings. The van der Waals surface area contributed by atoms with Gasteiger partial charge in [-0.3, -0.25) is 4.79 Å². The van der Waals surface area contributed by atoms with E-state index in [9.17, 15) is 4.79 Å². The number of benzene rings is 1. The number of piperidine rings is 1. The zero-order valence-electron chi connectivity index (χ0n) is 15.8. The molecule has 1 aliphatic heterocycles. The van der Waals surface area contributed by atoms with Crippen LogP contribution in [0.15, 0.2) is 12.1 Å². The fourth-order valence-electron chi connectivity index (χ4n) is 4.02. The predicted octanol–water partition coefficient (Wildman–Crippen LogP) is 4.81. The van der Waals surface area contributed by atoms with Gasteiger partial charge in [0.05, 0.1) is 21.1 Å². The summed E-state index contributed by atoms with van der Waals surface area (Å²) in [6, 6.07) is 4.40. The Morgan fingerprint density at radius 3 is 2.41 bits per heavy atom. The van der Waals surface area contributed by atoms with Crippen LogP contribution in [0.5, 0.6) is 0 Å². The Hall–Kier alpha value is -1.46. The van der Waals surface area contributed by atoms with Crippen LogP contribution in [0, 0.1) is 5.92 Å². The molecule has 2 aliphatic rings. The highest BCUT2D eigenvalue weighted by Gasteiger charge is 2.30. The maximum absolute atomic E-state index is 12.5. The quantitative estimate of drug-likeness (QED) is 0.789. The van der Waals surface area contributed by atoms with Crippen LogP contribution in [-0.4, -0.2) is 34.6 Å². The van der Waals surface area contributed by atoms with E-state index in [1.807, 2.05) is 12.1 Å². The summed E-state index contributed by atoms with van der Waals surface area (Å²) in [5.74, 6) is 1.29. The van der Waals surface area contributed by atoms with Gasteiger partial charge in [0.1, 0.15) is 0 Å². The van der Waals surface area contributed by atoms with Gasteiger partial charge < -0.3 is 14.8 Å². The van der Waals surface area contributed by atoms with E-state index in [2.05, 4.69) is 28.6 Å². The maximum atomic E-state index is 12.5. The summed E-state index contributed by atoms with van der Waals surface area (Å²) < 4.78 is 2.21. The van der Waals surface area contributed by atoms with Gasteiger partial charge in [0, 0.05) is 31.1 Å². The SMILES string of the molecule is CC(C)n1c(N2CCC(C(=O)NC3CCC3)CC2)nc2cc(Cl)c(Cl)cc21. The minimum absolute atomic E-state index is 0.114. The summed E-state index contributed by atoms with van der Waals surface area (Å²) in [7, 11) is 0. The maximum Gasteiger partial charge on any atom is 0.223 e. The summed E-state index contributed by atoms with van der Waals surface area (Å²) in [6.07, 6.45) is 5.23. The minimum atomic E-state index is 0.114. The predicted molar refractivity (Wildman–Crippen MR) is 111 cm³/mol. The molecule has 1 aliphatic carbocycles. The van der Waals surface area contributed by atoms with Crippen molar-refractivity contribution in [1.29, 1.82) is 0 Å². The number of anilines is 1. The fraction of sp³-hybridized carbons (Fsp3) is 0.600. The first kappa shape index (κ1) is 18.9. The Morgan fingerprint density at radius 1 is 1.15 bits per heavy atom. The van der Waals surface area contributed by atoms with Crippen LogP contribution in [0.1, 0.15) is 52.0 Å². The van der Waals surface area contributed by atoms with E-state index in [1.54, 1.807) is 0 Å². The molecule has 1 aromatic heterocycles. The molecule has 4 rings (SSSR count). The lowest BCUT2D eigenvalue weighted by atomic mass is 9.90. The normalized spacial score (nSPS) is 18.9. The van der Waals surface area contributed by atoms with E-state index in [-0.39, 0.29) is 17.9 Å². The number of amides is 1. The van der Waals surface area contributed by atoms with Crippen molar-refractivity contribution in [2.24, 2.45) is 5.92 Å². The van der Waals surface area contributed by atoms with Gasteiger partial charge in [-0.25, -0.2) is 4.98 Å². The van der Waals surface area contributed by atoms with Crippen molar-refractivity contribution in [1.82, 2.24) is 14.9 Å². The average molecular weight is 409 g/mol. The Morgan fingerprint density at radius 2 is 1.81 bits per heavy atom. The second-order valence-electron chi connectivity index (χ2n) is 8.03. The van der Waals surface area contributed by atoms with Gasteiger partial charge in [0.25, 0.3) is 0 Å². The zero-order valence-corrected chi connectivity index (χ0v) is 17.4. The Kier molecular flexibility index (Phi) is 5.26. The van der Waals surface area contributed by atoms with Crippen LogP contribution in [-0.2, 0) is 4.79 Å². The van der Waals surface area contributed by atoms with Gasteiger partial charge in [-0.2, -0.15) is 0 Å². The van der Waals surface area contributed by atoms with Gasteiger partial charge in [-0.15, -0.1) is 0 Å². The lowest BCUT2D eigenvalue weighted by Crippen LogP contribution is -2.46. The van der Waals surface area contributed by atoms with Crippen molar-refractivity contribution in [3.8, 4) is 0 Å². The molecule has 0 unspecified atom stereocenters. The first-order valence-corrected chi connectivity index (χ1v) is 10.6. The zero-order chi connectivity index (χ0) is 19.1. The molecule has 146 valence electrons. The monoisotopic (exact) mass is 408 g/mol. The number of fused-ring (bicyclic) bond motifs is 1. The molecule has 1 amide bonds. The van der Waals surface area contributed by atoms with Crippen molar-refractivity contribution >= 4 is 46.1 Å². The van der Waals surface area contributed by atoms with E-state index < -0.39 is 0 Å². The third-order valence-corrected chi connectivity index (χ3v) is 6.55. The average Bonchev–Trinajstić information content (AvgIpc) is 2.97. The molecule has 1 aromatic carbocycles. The molecule has 2 heterocycles. The molecule has 1 saturated heterocycles. The summed E-state index contributed by atoms with van der Waals surface area (Å²) in [4.78, 5) is 19.6. The molecule has 2 fully saturated rings. The summed E-state index contributed by atoms with van der Waals surface area (Å²) in [5.41, 5.74) is 1.86. The van der Waals surface area contributed by atoms with Crippen LogP contribution in [0.25, 0.3) is 11.0 Å². The molecule has 5 nitrogen and oxygen atoms in total. The topological polar surface area (TPSA) is 50.2 Å². The van der Waals surface area contributed by atoms with Crippen LogP contribution in [0.4, 0.5) is 5.95 Å². The number of carbonyl (C=O) groups excluding carboxylic acids is 1. The molecule has 1 N–H and O–H groups in total. The number of hydrogen-bond donors (Lipinski definition) is 1. The molecule has 0 radical (unpaired) electrons. The highest BCUT2D eigenvalue weighted by molar-refractivity contribution is 6.42. The summed E-state index contributed by atoms with van der Waals surface area (Å²) in [6.45, 7) is 5.96. The summed E-state index contributed by atoms with van der Waals surface area (Å²) >= 11 is 12.4. The molecular weight excluding hydrogens is 383 g/mol. The van der Waals surface area contributed by atoms with Crippen molar-refractivity contribution in [3.63, 3.8) is 0 Å². The lowest BCUT2D eigenvalue weighted by molar-refractivity contribution is -0.126. The first-order chi connectivity index (χ1) is 12.9. The van der Waals surface area contributed by atoms with Gasteiger partial charge in [-0.1, -0.05) is 23.2 Å². The van der Waals surface area contributed by atoms with Crippen molar-refractivity contribution < 1.29 is 4.79 Å². The van der Waals surface area contributed by atoms with E-state index in [0.29, 0.717) is 16.1 Å². The summed E-state index contributed by atoms with van der Waals surface area (Å²) in [5, 5.41) is 4.27. The van der Waals surface area contributed by atoms with Crippen molar-refractivity contribution in [2.45, 2.75) is 58.0 Å². The molecule has 1 saturated carbocycles. The largest absolute Gasteiger partial charge is 0.353 e. The highest BCUT2D eigenvalue weighted by atomic mass is 35.5. The number of nitrogens with one attached hydrogen (secondary N) is 1.